The molecule has 0 saturated carbocycles. The van der Waals surface area contributed by atoms with Crippen molar-refractivity contribution in [2.45, 2.75) is 4.90 Å². The quantitative estimate of drug-likeness (QED) is 0.694. The lowest BCUT2D eigenvalue weighted by Gasteiger charge is -2.13. The van der Waals surface area contributed by atoms with E-state index >= 15 is 0 Å². The zero-order valence-electron chi connectivity index (χ0n) is 13.7. The molecule has 8 nitrogen and oxygen atoms in total. The second-order valence-corrected chi connectivity index (χ2v) is 7.35. The third-order valence-electron chi connectivity index (χ3n) is 3.96. The van der Waals surface area contributed by atoms with Crippen molar-refractivity contribution in [2.24, 2.45) is 0 Å². The van der Waals surface area contributed by atoms with Gasteiger partial charge in [0.1, 0.15) is 16.5 Å². The standard InChI is InChI=1S/C18H12N4O4S/c23-17-13-5-1-2-6-14(13)18(24)22(17)16-9-8-12(11-20-16)27(25,26)21-15-7-3-4-10-19-15/h1-11H,(H,19,21). The van der Waals surface area contributed by atoms with Crippen molar-refractivity contribution in [2.75, 3.05) is 9.62 Å². The van der Waals surface area contributed by atoms with Gasteiger partial charge < -0.3 is 0 Å². The van der Waals surface area contributed by atoms with Crippen molar-refractivity contribution in [1.29, 1.82) is 0 Å². The maximum atomic E-state index is 12.5. The molecule has 0 radical (unpaired) electrons. The summed E-state index contributed by atoms with van der Waals surface area (Å²) in [7, 11) is -3.90. The van der Waals surface area contributed by atoms with E-state index in [1.54, 1.807) is 36.4 Å². The Morgan fingerprint density at radius 2 is 1.48 bits per heavy atom. The molecule has 0 atom stereocenters. The minimum Gasteiger partial charge on any atom is -0.268 e. The van der Waals surface area contributed by atoms with Crippen molar-refractivity contribution in [3.8, 4) is 0 Å². The molecule has 0 fully saturated rings. The summed E-state index contributed by atoms with van der Waals surface area (Å²) in [5.74, 6) is -0.768. The van der Waals surface area contributed by atoms with Crippen LogP contribution in [0, 0.1) is 0 Å². The second-order valence-electron chi connectivity index (χ2n) is 5.66. The maximum Gasteiger partial charge on any atom is 0.267 e. The highest BCUT2D eigenvalue weighted by Crippen LogP contribution is 2.27. The molecule has 2 amide bonds. The van der Waals surface area contributed by atoms with Gasteiger partial charge in [0.2, 0.25) is 0 Å². The number of nitrogens with zero attached hydrogens (tertiary/aromatic N) is 3. The molecule has 1 aliphatic heterocycles. The third kappa shape index (κ3) is 2.93. The van der Waals surface area contributed by atoms with Crippen molar-refractivity contribution in [3.05, 3.63) is 78.1 Å². The van der Waals surface area contributed by atoms with Gasteiger partial charge in [-0.05, 0) is 36.4 Å². The summed E-state index contributed by atoms with van der Waals surface area (Å²) in [6.07, 6.45) is 2.55. The zero-order chi connectivity index (χ0) is 19.0. The smallest absolute Gasteiger partial charge is 0.267 e. The largest absolute Gasteiger partial charge is 0.268 e. The predicted molar refractivity (Wildman–Crippen MR) is 96.9 cm³/mol. The fraction of sp³-hybridized carbons (Fsp3) is 0. The number of hydrogen-bond acceptors (Lipinski definition) is 6. The summed E-state index contributed by atoms with van der Waals surface area (Å²) in [5, 5.41) is 0. The number of carbonyl (C=O) groups is 2. The van der Waals surface area contributed by atoms with Gasteiger partial charge in [0.25, 0.3) is 21.8 Å². The van der Waals surface area contributed by atoms with Gasteiger partial charge in [-0.15, -0.1) is 0 Å². The summed E-state index contributed by atoms with van der Waals surface area (Å²) >= 11 is 0. The second kappa shape index (κ2) is 6.29. The van der Waals surface area contributed by atoms with Crippen molar-refractivity contribution < 1.29 is 18.0 Å². The Morgan fingerprint density at radius 3 is 2.04 bits per heavy atom. The molecular weight excluding hydrogens is 368 g/mol. The van der Waals surface area contributed by atoms with E-state index in [1.807, 2.05) is 0 Å². The van der Waals surface area contributed by atoms with E-state index in [4.69, 9.17) is 0 Å². The van der Waals surface area contributed by atoms with Crippen molar-refractivity contribution in [1.82, 2.24) is 9.97 Å². The molecule has 0 bridgehead atoms. The number of fused-ring (bicyclic) bond motifs is 1. The molecule has 0 spiro atoms. The van der Waals surface area contributed by atoms with Gasteiger partial charge in [-0.1, -0.05) is 18.2 Å². The molecule has 0 unspecified atom stereocenters. The van der Waals surface area contributed by atoms with Crippen LogP contribution < -0.4 is 9.62 Å². The lowest BCUT2D eigenvalue weighted by Crippen LogP contribution is -2.30. The molecule has 1 aliphatic rings. The van der Waals surface area contributed by atoms with Crippen molar-refractivity contribution >= 4 is 33.5 Å². The Morgan fingerprint density at radius 1 is 0.815 bits per heavy atom. The molecule has 1 N–H and O–H groups in total. The van der Waals surface area contributed by atoms with E-state index < -0.39 is 21.8 Å². The van der Waals surface area contributed by atoms with Crippen LogP contribution in [-0.2, 0) is 10.0 Å². The summed E-state index contributed by atoms with van der Waals surface area (Å²) in [6, 6.07) is 13.9. The molecular formula is C18H12N4O4S. The summed E-state index contributed by atoms with van der Waals surface area (Å²) in [4.78, 5) is 33.6. The van der Waals surface area contributed by atoms with Gasteiger partial charge in [-0.3, -0.25) is 14.3 Å². The van der Waals surface area contributed by atoms with E-state index in [0.717, 1.165) is 11.1 Å². The summed E-state index contributed by atoms with van der Waals surface area (Å²) in [5.41, 5.74) is 0.579. The van der Waals surface area contributed by atoms with E-state index in [1.165, 1.54) is 24.4 Å². The van der Waals surface area contributed by atoms with Crippen LogP contribution in [0.25, 0.3) is 0 Å². The first-order valence-electron chi connectivity index (χ1n) is 7.85. The lowest BCUT2D eigenvalue weighted by atomic mass is 10.1. The van der Waals surface area contributed by atoms with E-state index in [2.05, 4.69) is 14.7 Å². The third-order valence-corrected chi connectivity index (χ3v) is 5.30. The summed E-state index contributed by atoms with van der Waals surface area (Å²) < 4.78 is 27.1. The van der Waals surface area contributed by atoms with Crippen LogP contribution >= 0.6 is 0 Å². The molecule has 27 heavy (non-hydrogen) atoms. The van der Waals surface area contributed by atoms with Crippen LogP contribution in [0.4, 0.5) is 11.6 Å². The molecule has 134 valence electrons. The van der Waals surface area contributed by atoms with Crippen LogP contribution in [-0.4, -0.2) is 30.2 Å². The highest BCUT2D eigenvalue weighted by atomic mass is 32.2. The van der Waals surface area contributed by atoms with E-state index in [-0.39, 0.29) is 27.7 Å². The number of carbonyl (C=O) groups excluding carboxylic acids is 2. The van der Waals surface area contributed by atoms with Gasteiger partial charge in [0, 0.05) is 12.4 Å². The van der Waals surface area contributed by atoms with Crippen LogP contribution in [0.15, 0.2) is 71.9 Å². The summed E-state index contributed by atoms with van der Waals surface area (Å²) in [6.45, 7) is 0. The number of sulfonamides is 1. The van der Waals surface area contributed by atoms with Crippen LogP contribution in [0.1, 0.15) is 20.7 Å². The van der Waals surface area contributed by atoms with Gasteiger partial charge in [0.05, 0.1) is 11.1 Å². The number of rotatable bonds is 4. The topological polar surface area (TPSA) is 109 Å². The molecule has 0 aliphatic carbocycles. The van der Waals surface area contributed by atoms with Crippen molar-refractivity contribution in [3.63, 3.8) is 0 Å². The average Bonchev–Trinajstić information content (AvgIpc) is 2.93. The van der Waals surface area contributed by atoms with Gasteiger partial charge in [-0.2, -0.15) is 0 Å². The molecule has 4 rings (SSSR count). The number of anilines is 2. The fourth-order valence-corrected chi connectivity index (χ4v) is 3.63. The molecule has 2 aromatic heterocycles. The first-order valence-corrected chi connectivity index (χ1v) is 9.33. The zero-order valence-corrected chi connectivity index (χ0v) is 14.6. The fourth-order valence-electron chi connectivity index (χ4n) is 2.68. The lowest BCUT2D eigenvalue weighted by molar-refractivity contribution is 0.0925. The Balaban J connectivity index is 1.62. The Bertz CT molecular complexity index is 1110. The Kier molecular flexibility index (Phi) is 3.93. The van der Waals surface area contributed by atoms with Gasteiger partial charge in [-0.25, -0.2) is 23.3 Å². The molecule has 3 aromatic rings. The van der Waals surface area contributed by atoms with Gasteiger partial charge >= 0.3 is 0 Å². The molecule has 1 aromatic carbocycles. The number of imide groups is 1. The van der Waals surface area contributed by atoms with Gasteiger partial charge in [0.15, 0.2) is 0 Å². The minimum atomic E-state index is -3.90. The Hall–Kier alpha value is -3.59. The highest BCUT2D eigenvalue weighted by molar-refractivity contribution is 7.92. The number of aromatic nitrogens is 2. The molecule has 9 heteroatoms. The number of benzene rings is 1. The molecule has 3 heterocycles. The van der Waals surface area contributed by atoms with Crippen LogP contribution in [0.5, 0.6) is 0 Å². The van der Waals surface area contributed by atoms with E-state index in [9.17, 15) is 18.0 Å². The number of hydrogen-bond donors (Lipinski definition) is 1. The van der Waals surface area contributed by atoms with Crippen LogP contribution in [0.2, 0.25) is 0 Å². The molecule has 0 saturated heterocycles. The predicted octanol–water partition coefficient (Wildman–Crippen LogP) is 2.08. The van der Waals surface area contributed by atoms with Crippen LogP contribution in [0.3, 0.4) is 0 Å². The number of nitrogens with one attached hydrogen (secondary N) is 1. The Labute approximate surface area is 154 Å². The first kappa shape index (κ1) is 16.9. The number of pyridine rings is 2. The minimum absolute atomic E-state index is 0.0537. The first-order chi connectivity index (χ1) is 13.0. The monoisotopic (exact) mass is 380 g/mol. The van der Waals surface area contributed by atoms with E-state index in [0.29, 0.717) is 0 Å². The SMILES string of the molecule is O=C1c2ccccc2C(=O)N1c1ccc(S(=O)(=O)Nc2ccccn2)cn1. The number of amides is 2. The normalized spacial score (nSPS) is 13.6. The maximum absolute atomic E-state index is 12.5. The highest BCUT2D eigenvalue weighted by Gasteiger charge is 2.37. The average molecular weight is 380 g/mol.